The summed E-state index contributed by atoms with van der Waals surface area (Å²) in [5.41, 5.74) is 3.90. The van der Waals surface area contributed by atoms with E-state index in [4.69, 9.17) is 21.1 Å². The van der Waals surface area contributed by atoms with Crippen LogP contribution in [0.15, 0.2) is 71.7 Å². The first kappa shape index (κ1) is 25.3. The van der Waals surface area contributed by atoms with E-state index in [2.05, 4.69) is 10.3 Å². The number of amides is 2. The van der Waals surface area contributed by atoms with E-state index in [9.17, 15) is 9.59 Å². The molecule has 2 amide bonds. The van der Waals surface area contributed by atoms with Crippen LogP contribution in [-0.4, -0.2) is 37.0 Å². The van der Waals surface area contributed by atoms with Gasteiger partial charge in [0.25, 0.3) is 0 Å². The molecule has 0 saturated heterocycles. The molecule has 7 nitrogen and oxygen atoms in total. The quantitative estimate of drug-likeness (QED) is 0.455. The van der Waals surface area contributed by atoms with Crippen molar-refractivity contribution < 1.29 is 19.1 Å². The average Bonchev–Trinajstić information content (AvgIpc) is 2.95. The van der Waals surface area contributed by atoms with Gasteiger partial charge in [0, 0.05) is 21.8 Å². The van der Waals surface area contributed by atoms with Crippen LogP contribution in [0.5, 0.6) is 5.75 Å². The Bertz CT molecular complexity index is 1300. The van der Waals surface area contributed by atoms with Crippen LogP contribution in [-0.2, 0) is 16.1 Å². The van der Waals surface area contributed by atoms with Gasteiger partial charge in [0.2, 0.25) is 5.91 Å². The smallest absolute Gasteiger partial charge is 0.412 e. The lowest BCUT2D eigenvalue weighted by Crippen LogP contribution is -2.31. The van der Waals surface area contributed by atoms with E-state index < -0.39 is 11.7 Å². The highest BCUT2D eigenvalue weighted by Crippen LogP contribution is 2.31. The minimum atomic E-state index is -0.591. The molecule has 0 aliphatic carbocycles. The number of ether oxygens (including phenoxy) is 2. The summed E-state index contributed by atoms with van der Waals surface area (Å²) >= 11 is 6.36. The van der Waals surface area contributed by atoms with Gasteiger partial charge in [0.05, 0.1) is 25.1 Å². The van der Waals surface area contributed by atoms with Crippen LogP contribution in [0.25, 0.3) is 0 Å². The molecule has 36 heavy (non-hydrogen) atoms. The topological polar surface area (TPSA) is 80.2 Å². The van der Waals surface area contributed by atoms with Crippen LogP contribution >= 0.6 is 11.6 Å². The predicted octanol–water partition coefficient (Wildman–Crippen LogP) is 6.08. The molecule has 1 N–H and O–H groups in total. The molecule has 186 valence electrons. The number of aliphatic imine (C=N–C) groups is 1. The second-order valence-corrected chi connectivity index (χ2v) is 9.79. The number of halogens is 1. The summed E-state index contributed by atoms with van der Waals surface area (Å²) in [4.78, 5) is 31.6. The third-order valence-electron chi connectivity index (χ3n) is 5.48. The molecule has 3 aromatic rings. The number of anilines is 2. The van der Waals surface area contributed by atoms with E-state index in [-0.39, 0.29) is 12.5 Å². The van der Waals surface area contributed by atoms with E-state index in [0.29, 0.717) is 23.0 Å². The maximum Gasteiger partial charge on any atom is 0.412 e. The third-order valence-corrected chi connectivity index (χ3v) is 5.72. The second-order valence-electron chi connectivity index (χ2n) is 9.36. The molecule has 1 aliphatic rings. The van der Waals surface area contributed by atoms with Crippen molar-refractivity contribution in [2.75, 3.05) is 23.9 Å². The number of methoxy groups -OCH3 is 1. The molecule has 0 unspecified atom stereocenters. The summed E-state index contributed by atoms with van der Waals surface area (Å²) in [5, 5.41) is 3.27. The zero-order valence-corrected chi connectivity index (χ0v) is 21.4. The van der Waals surface area contributed by atoms with Crippen molar-refractivity contribution >= 4 is 40.7 Å². The lowest BCUT2D eigenvalue weighted by atomic mass is 9.99. The van der Waals surface area contributed by atoms with Crippen LogP contribution < -0.4 is 15.0 Å². The zero-order chi connectivity index (χ0) is 25.9. The number of benzene rings is 3. The number of carbonyl (C=O) groups excluding carboxylic acids is 2. The number of benzodiazepines with no additional fused rings is 1. The fraction of sp³-hybridized carbons (Fsp3) is 0.250. The Balaban J connectivity index is 1.63. The minimum Gasteiger partial charge on any atom is -0.497 e. The molecule has 0 bridgehead atoms. The summed E-state index contributed by atoms with van der Waals surface area (Å²) in [6.07, 6.45) is -0.529. The van der Waals surface area contributed by atoms with E-state index in [0.717, 1.165) is 28.1 Å². The molecule has 0 atom stereocenters. The number of carbonyl (C=O) groups is 2. The van der Waals surface area contributed by atoms with Crippen molar-refractivity contribution in [2.45, 2.75) is 32.9 Å². The first-order valence-electron chi connectivity index (χ1n) is 11.5. The Morgan fingerprint density at radius 3 is 2.39 bits per heavy atom. The molecule has 1 heterocycles. The van der Waals surface area contributed by atoms with Crippen molar-refractivity contribution in [1.29, 1.82) is 0 Å². The molecule has 0 aromatic heterocycles. The SMILES string of the molecule is COc1ccc(CN2C(=O)CN=C(c3ccc(NC(=O)OC(C)(C)C)cc3)c3cc(Cl)ccc32)cc1. The van der Waals surface area contributed by atoms with Gasteiger partial charge in [-0.05, 0) is 68.8 Å². The number of nitrogens with zero attached hydrogens (tertiary/aromatic N) is 2. The number of hydrogen-bond donors (Lipinski definition) is 1. The van der Waals surface area contributed by atoms with Gasteiger partial charge in [-0.3, -0.25) is 15.1 Å². The monoisotopic (exact) mass is 505 g/mol. The van der Waals surface area contributed by atoms with Crippen LogP contribution in [0.1, 0.15) is 37.5 Å². The zero-order valence-electron chi connectivity index (χ0n) is 20.7. The fourth-order valence-electron chi connectivity index (χ4n) is 3.85. The fourth-order valence-corrected chi connectivity index (χ4v) is 4.02. The first-order chi connectivity index (χ1) is 17.1. The maximum atomic E-state index is 13.2. The molecule has 0 fully saturated rings. The van der Waals surface area contributed by atoms with Gasteiger partial charge in [-0.1, -0.05) is 35.9 Å². The van der Waals surface area contributed by atoms with Gasteiger partial charge in [-0.25, -0.2) is 4.79 Å². The molecular weight excluding hydrogens is 478 g/mol. The maximum absolute atomic E-state index is 13.2. The van der Waals surface area contributed by atoms with Crippen molar-refractivity contribution in [3.63, 3.8) is 0 Å². The normalized spacial score (nSPS) is 13.4. The Kier molecular flexibility index (Phi) is 7.31. The van der Waals surface area contributed by atoms with Gasteiger partial charge in [0.1, 0.15) is 17.9 Å². The Morgan fingerprint density at radius 1 is 1.06 bits per heavy atom. The summed E-state index contributed by atoms with van der Waals surface area (Å²) in [6, 6.07) is 20.3. The number of fused-ring (bicyclic) bond motifs is 1. The molecule has 0 radical (unpaired) electrons. The van der Waals surface area contributed by atoms with E-state index >= 15 is 0 Å². The van der Waals surface area contributed by atoms with Crippen molar-refractivity contribution in [3.8, 4) is 5.75 Å². The first-order valence-corrected chi connectivity index (χ1v) is 11.9. The second kappa shape index (κ2) is 10.4. The lowest BCUT2D eigenvalue weighted by Gasteiger charge is -2.23. The van der Waals surface area contributed by atoms with Crippen molar-refractivity contribution in [1.82, 2.24) is 0 Å². The van der Waals surface area contributed by atoms with Crippen LogP contribution in [0.2, 0.25) is 5.02 Å². The molecule has 0 saturated carbocycles. The molecule has 3 aromatic carbocycles. The highest BCUT2D eigenvalue weighted by atomic mass is 35.5. The van der Waals surface area contributed by atoms with Crippen molar-refractivity contribution in [3.05, 3.63) is 88.4 Å². The van der Waals surface area contributed by atoms with Gasteiger partial charge in [-0.2, -0.15) is 0 Å². The molecule has 4 rings (SSSR count). The predicted molar refractivity (Wildman–Crippen MR) is 142 cm³/mol. The van der Waals surface area contributed by atoms with Gasteiger partial charge in [0.15, 0.2) is 0 Å². The summed E-state index contributed by atoms with van der Waals surface area (Å²) < 4.78 is 10.6. The number of hydrogen-bond acceptors (Lipinski definition) is 5. The molecule has 0 spiro atoms. The molecule has 1 aliphatic heterocycles. The number of rotatable bonds is 5. The Hall–Kier alpha value is -3.84. The van der Waals surface area contributed by atoms with Crippen molar-refractivity contribution in [2.24, 2.45) is 4.99 Å². The molecular formula is C28H28ClN3O4. The van der Waals surface area contributed by atoms with Crippen LogP contribution in [0.3, 0.4) is 0 Å². The third kappa shape index (κ3) is 6.04. The summed E-state index contributed by atoms with van der Waals surface area (Å²) in [5.74, 6) is 0.635. The van der Waals surface area contributed by atoms with Gasteiger partial charge in [-0.15, -0.1) is 0 Å². The average molecular weight is 506 g/mol. The van der Waals surface area contributed by atoms with E-state index in [1.807, 2.05) is 69.3 Å². The van der Waals surface area contributed by atoms with Gasteiger partial charge >= 0.3 is 6.09 Å². The Labute approximate surface area is 215 Å². The standard InChI is InChI=1S/C28H28ClN3O4/c1-28(2,3)36-27(34)31-21-10-7-19(8-11-21)26-23-15-20(29)9-14-24(23)32(25(33)16-30-26)17-18-5-12-22(35-4)13-6-18/h5-15H,16-17H2,1-4H3,(H,31,34). The lowest BCUT2D eigenvalue weighted by molar-refractivity contribution is -0.117. The summed E-state index contributed by atoms with van der Waals surface area (Å²) in [6.45, 7) is 5.81. The van der Waals surface area contributed by atoms with E-state index in [1.54, 1.807) is 30.2 Å². The van der Waals surface area contributed by atoms with Gasteiger partial charge < -0.3 is 14.4 Å². The largest absolute Gasteiger partial charge is 0.497 e. The van der Waals surface area contributed by atoms with Crippen LogP contribution in [0.4, 0.5) is 16.2 Å². The van der Waals surface area contributed by atoms with Crippen LogP contribution in [0, 0.1) is 0 Å². The highest BCUT2D eigenvalue weighted by Gasteiger charge is 2.26. The minimum absolute atomic E-state index is 0.00427. The molecule has 8 heteroatoms. The highest BCUT2D eigenvalue weighted by molar-refractivity contribution is 6.32. The number of nitrogens with one attached hydrogen (secondary N) is 1. The van der Waals surface area contributed by atoms with E-state index in [1.165, 1.54) is 0 Å². The summed E-state index contributed by atoms with van der Waals surface area (Å²) in [7, 11) is 1.62. The Morgan fingerprint density at radius 2 is 1.75 bits per heavy atom.